The van der Waals surface area contributed by atoms with Crippen molar-refractivity contribution < 1.29 is 14.3 Å². The van der Waals surface area contributed by atoms with E-state index >= 15 is 0 Å². The summed E-state index contributed by atoms with van der Waals surface area (Å²) in [5, 5.41) is 0. The van der Waals surface area contributed by atoms with E-state index in [2.05, 4.69) is 0 Å². The summed E-state index contributed by atoms with van der Waals surface area (Å²) in [4.78, 5) is 25.3. The van der Waals surface area contributed by atoms with Crippen LogP contribution >= 0.6 is 0 Å². The lowest BCUT2D eigenvalue weighted by atomic mass is 9.97. The van der Waals surface area contributed by atoms with Crippen molar-refractivity contribution in [3.63, 3.8) is 0 Å². The molecule has 4 nitrogen and oxygen atoms in total. The number of Topliss-reactive ketones (excluding diaryl/α,β-unsaturated/α-hetero) is 1. The van der Waals surface area contributed by atoms with Crippen LogP contribution in [0.4, 0.5) is 0 Å². The number of carbonyl (C=O) groups excluding carboxylic acids is 2. The molecule has 0 radical (unpaired) electrons. The first-order chi connectivity index (χ1) is 8.54. The smallest absolute Gasteiger partial charge is 0.222 e. The summed E-state index contributed by atoms with van der Waals surface area (Å²) >= 11 is 0. The first-order valence-electron chi connectivity index (χ1n) is 6.86. The number of piperidine rings is 1. The van der Waals surface area contributed by atoms with Crippen LogP contribution in [0, 0.1) is 0 Å². The molecule has 1 rings (SSSR count). The third-order valence-electron chi connectivity index (χ3n) is 3.64. The van der Waals surface area contributed by atoms with Gasteiger partial charge in [-0.15, -0.1) is 0 Å². The lowest BCUT2D eigenvalue weighted by Gasteiger charge is -2.35. The molecule has 2 unspecified atom stereocenters. The number of methoxy groups -OCH3 is 1. The number of ketones is 1. The van der Waals surface area contributed by atoms with Crippen molar-refractivity contribution in [2.45, 2.75) is 64.5 Å². The maximum atomic E-state index is 12.2. The molecule has 0 spiro atoms. The van der Waals surface area contributed by atoms with Crippen molar-refractivity contribution in [1.82, 2.24) is 4.90 Å². The molecular formula is C14H25NO3. The quantitative estimate of drug-likeness (QED) is 0.730. The van der Waals surface area contributed by atoms with E-state index in [1.54, 1.807) is 14.0 Å². The van der Waals surface area contributed by atoms with Crippen LogP contribution in [0.25, 0.3) is 0 Å². The number of rotatable bonds is 6. The molecule has 1 aliphatic heterocycles. The third kappa shape index (κ3) is 4.77. The van der Waals surface area contributed by atoms with E-state index in [-0.39, 0.29) is 23.8 Å². The number of likely N-dealkylation sites (tertiary alicyclic amines) is 1. The zero-order valence-electron chi connectivity index (χ0n) is 11.8. The van der Waals surface area contributed by atoms with E-state index in [1.807, 2.05) is 11.8 Å². The number of ether oxygens (including phenoxy) is 1. The summed E-state index contributed by atoms with van der Waals surface area (Å²) in [5.41, 5.74) is 0. The average molecular weight is 255 g/mol. The van der Waals surface area contributed by atoms with Gasteiger partial charge in [0.15, 0.2) is 0 Å². The molecule has 0 aromatic heterocycles. The Kier molecular flexibility index (Phi) is 6.33. The molecule has 1 aliphatic rings. The standard InChI is InChI=1S/C14H25NO3/c1-11(16)10-13-6-4-5-9-15(13)14(17)8-7-12(2)18-3/h12-13H,4-10H2,1-3H3. The van der Waals surface area contributed by atoms with Crippen molar-refractivity contribution in [3.8, 4) is 0 Å². The van der Waals surface area contributed by atoms with E-state index in [0.29, 0.717) is 12.8 Å². The number of hydrogen-bond donors (Lipinski definition) is 0. The summed E-state index contributed by atoms with van der Waals surface area (Å²) in [5.74, 6) is 0.342. The van der Waals surface area contributed by atoms with Gasteiger partial charge in [-0.2, -0.15) is 0 Å². The van der Waals surface area contributed by atoms with Crippen LogP contribution in [0.2, 0.25) is 0 Å². The summed E-state index contributed by atoms with van der Waals surface area (Å²) in [6.45, 7) is 4.37. The van der Waals surface area contributed by atoms with Crippen molar-refractivity contribution in [1.29, 1.82) is 0 Å². The fraction of sp³-hybridized carbons (Fsp3) is 0.857. The lowest BCUT2D eigenvalue weighted by molar-refractivity contribution is -0.136. The first-order valence-corrected chi connectivity index (χ1v) is 6.86. The molecule has 0 N–H and O–H groups in total. The Morgan fingerprint density at radius 2 is 2.11 bits per heavy atom. The molecule has 1 fully saturated rings. The van der Waals surface area contributed by atoms with Gasteiger partial charge in [-0.05, 0) is 39.5 Å². The normalized spacial score (nSPS) is 21.7. The molecule has 1 amide bonds. The SMILES string of the molecule is COC(C)CCC(=O)N1CCCCC1CC(C)=O. The highest BCUT2D eigenvalue weighted by Gasteiger charge is 2.27. The molecule has 1 heterocycles. The average Bonchev–Trinajstić information content (AvgIpc) is 2.35. The second kappa shape index (κ2) is 7.52. The zero-order chi connectivity index (χ0) is 13.5. The van der Waals surface area contributed by atoms with Crippen LogP contribution in [-0.2, 0) is 14.3 Å². The summed E-state index contributed by atoms with van der Waals surface area (Å²) in [6.07, 6.45) is 5.03. The van der Waals surface area contributed by atoms with Gasteiger partial charge in [-0.25, -0.2) is 0 Å². The first kappa shape index (κ1) is 15.2. The number of amides is 1. The molecule has 104 valence electrons. The van der Waals surface area contributed by atoms with Crippen molar-refractivity contribution in [2.75, 3.05) is 13.7 Å². The van der Waals surface area contributed by atoms with Crippen molar-refractivity contribution in [3.05, 3.63) is 0 Å². The Bertz CT molecular complexity index is 291. The Morgan fingerprint density at radius 1 is 1.39 bits per heavy atom. The minimum absolute atomic E-state index is 0.116. The third-order valence-corrected chi connectivity index (χ3v) is 3.64. The summed E-state index contributed by atoms with van der Waals surface area (Å²) < 4.78 is 5.15. The predicted molar refractivity (Wildman–Crippen MR) is 70.4 cm³/mol. The van der Waals surface area contributed by atoms with Gasteiger partial charge in [0.05, 0.1) is 6.10 Å². The molecule has 0 aromatic rings. The van der Waals surface area contributed by atoms with Crippen LogP contribution in [0.15, 0.2) is 0 Å². The van der Waals surface area contributed by atoms with Crippen molar-refractivity contribution >= 4 is 11.7 Å². The molecule has 0 saturated carbocycles. The molecule has 0 bridgehead atoms. The Balaban J connectivity index is 2.49. The molecule has 18 heavy (non-hydrogen) atoms. The van der Waals surface area contributed by atoms with Gasteiger partial charge in [0.25, 0.3) is 0 Å². The van der Waals surface area contributed by atoms with Gasteiger partial charge in [0.2, 0.25) is 5.91 Å². The maximum Gasteiger partial charge on any atom is 0.222 e. The van der Waals surface area contributed by atoms with E-state index in [4.69, 9.17) is 4.74 Å². The minimum Gasteiger partial charge on any atom is -0.382 e. The van der Waals surface area contributed by atoms with Gasteiger partial charge in [0, 0.05) is 32.5 Å². The van der Waals surface area contributed by atoms with Crippen LogP contribution in [0.3, 0.4) is 0 Å². The van der Waals surface area contributed by atoms with Crippen molar-refractivity contribution in [2.24, 2.45) is 0 Å². The van der Waals surface area contributed by atoms with E-state index in [0.717, 1.165) is 32.2 Å². The van der Waals surface area contributed by atoms with Gasteiger partial charge < -0.3 is 9.64 Å². The lowest BCUT2D eigenvalue weighted by Crippen LogP contribution is -2.44. The monoisotopic (exact) mass is 255 g/mol. The largest absolute Gasteiger partial charge is 0.382 e. The second-order valence-corrected chi connectivity index (χ2v) is 5.23. The zero-order valence-corrected chi connectivity index (χ0v) is 11.8. The van der Waals surface area contributed by atoms with Gasteiger partial charge in [-0.1, -0.05) is 0 Å². The molecule has 4 heteroatoms. The van der Waals surface area contributed by atoms with Crippen LogP contribution in [-0.4, -0.2) is 42.4 Å². The predicted octanol–water partition coefficient (Wildman–Crippen LogP) is 2.16. The van der Waals surface area contributed by atoms with Gasteiger partial charge in [-0.3, -0.25) is 9.59 Å². The fourth-order valence-corrected chi connectivity index (χ4v) is 2.46. The summed E-state index contributed by atoms with van der Waals surface area (Å²) in [7, 11) is 1.66. The molecule has 0 aromatic carbocycles. The Hall–Kier alpha value is -0.900. The van der Waals surface area contributed by atoms with Crippen LogP contribution in [0.1, 0.15) is 52.4 Å². The van der Waals surface area contributed by atoms with E-state index < -0.39 is 0 Å². The number of carbonyl (C=O) groups is 2. The highest BCUT2D eigenvalue weighted by Crippen LogP contribution is 2.21. The minimum atomic E-state index is 0.116. The van der Waals surface area contributed by atoms with Gasteiger partial charge in [0.1, 0.15) is 5.78 Å². The molecule has 0 aliphatic carbocycles. The molecule has 2 atom stereocenters. The van der Waals surface area contributed by atoms with E-state index in [9.17, 15) is 9.59 Å². The van der Waals surface area contributed by atoms with Gasteiger partial charge >= 0.3 is 0 Å². The molecular weight excluding hydrogens is 230 g/mol. The highest BCUT2D eigenvalue weighted by atomic mass is 16.5. The number of nitrogens with zero attached hydrogens (tertiary/aromatic N) is 1. The van der Waals surface area contributed by atoms with Crippen LogP contribution < -0.4 is 0 Å². The summed E-state index contributed by atoms with van der Waals surface area (Å²) in [6, 6.07) is 0.126. The maximum absolute atomic E-state index is 12.2. The second-order valence-electron chi connectivity index (χ2n) is 5.23. The van der Waals surface area contributed by atoms with Crippen LogP contribution in [0.5, 0.6) is 0 Å². The number of hydrogen-bond acceptors (Lipinski definition) is 3. The molecule has 1 saturated heterocycles. The topological polar surface area (TPSA) is 46.6 Å². The highest BCUT2D eigenvalue weighted by molar-refractivity contribution is 5.79. The fourth-order valence-electron chi connectivity index (χ4n) is 2.46. The van der Waals surface area contributed by atoms with E-state index in [1.165, 1.54) is 0 Å². The Morgan fingerprint density at radius 3 is 2.72 bits per heavy atom. The Labute approximate surface area is 110 Å².